The summed E-state index contributed by atoms with van der Waals surface area (Å²) in [5.74, 6) is -8.20. The van der Waals surface area contributed by atoms with E-state index in [2.05, 4.69) is 0 Å². The molecule has 0 radical (unpaired) electrons. The predicted octanol–water partition coefficient (Wildman–Crippen LogP) is 3.29. The van der Waals surface area contributed by atoms with Gasteiger partial charge in [-0.1, -0.05) is 13.0 Å². The lowest BCUT2D eigenvalue weighted by molar-refractivity contribution is -0.385. The summed E-state index contributed by atoms with van der Waals surface area (Å²) in [4.78, 5) is 20.9. The number of hydrogen-bond acceptors (Lipinski definition) is 3. The van der Waals surface area contributed by atoms with Gasteiger partial charge in [0.25, 0.3) is 5.69 Å². The molecule has 0 saturated heterocycles. The maximum absolute atomic E-state index is 12.7. The van der Waals surface area contributed by atoms with E-state index in [0.717, 1.165) is 12.1 Å². The van der Waals surface area contributed by atoms with Crippen LogP contribution in [0.4, 0.5) is 33.3 Å². The molecular weight excluding hydrogens is 303 g/mol. The molecule has 0 heterocycles. The van der Waals surface area contributed by atoms with Crippen LogP contribution in [-0.2, 0) is 11.2 Å². The van der Waals surface area contributed by atoms with E-state index >= 15 is 0 Å². The Bertz CT molecular complexity index is 571. The fourth-order valence-electron chi connectivity index (χ4n) is 1.45. The van der Waals surface area contributed by atoms with Gasteiger partial charge in [0.2, 0.25) is 0 Å². The molecule has 0 bridgehead atoms. The van der Waals surface area contributed by atoms with Crippen molar-refractivity contribution in [1.82, 2.24) is 0 Å². The number of nitrogens with zero attached hydrogens (tertiary/aromatic N) is 1. The van der Waals surface area contributed by atoms with Crippen LogP contribution in [0.3, 0.4) is 0 Å². The number of benzene rings is 1. The van der Waals surface area contributed by atoms with Crippen LogP contribution < -0.4 is 5.32 Å². The number of nitro benzene ring substituents is 1. The molecule has 21 heavy (non-hydrogen) atoms. The molecular formula is C11H9F5N2O3. The van der Waals surface area contributed by atoms with Crippen molar-refractivity contribution in [2.24, 2.45) is 0 Å². The van der Waals surface area contributed by atoms with E-state index in [1.807, 2.05) is 0 Å². The Morgan fingerprint density at radius 2 is 1.86 bits per heavy atom. The number of halogens is 5. The fourth-order valence-corrected chi connectivity index (χ4v) is 1.45. The average Bonchev–Trinajstić information content (AvgIpc) is 2.37. The third-order valence-electron chi connectivity index (χ3n) is 2.56. The Hall–Kier alpha value is -2.26. The van der Waals surface area contributed by atoms with Gasteiger partial charge in [-0.05, 0) is 12.5 Å². The van der Waals surface area contributed by atoms with Gasteiger partial charge in [-0.2, -0.15) is 22.0 Å². The molecule has 0 unspecified atom stereocenters. The Balaban J connectivity index is 3.07. The van der Waals surface area contributed by atoms with Crippen molar-refractivity contribution >= 4 is 17.3 Å². The summed E-state index contributed by atoms with van der Waals surface area (Å²) in [5, 5.41) is 12.1. The van der Waals surface area contributed by atoms with Crippen LogP contribution in [0.5, 0.6) is 0 Å². The van der Waals surface area contributed by atoms with Crippen molar-refractivity contribution in [3.05, 3.63) is 33.9 Å². The van der Waals surface area contributed by atoms with Gasteiger partial charge in [-0.15, -0.1) is 0 Å². The van der Waals surface area contributed by atoms with Crippen molar-refractivity contribution in [1.29, 1.82) is 0 Å². The SMILES string of the molecule is CCc1ccc(NC(=O)C(F)(F)C(F)(F)F)cc1[N+](=O)[O-]. The second-order valence-corrected chi connectivity index (χ2v) is 3.98. The van der Waals surface area contributed by atoms with Crippen molar-refractivity contribution in [2.75, 3.05) is 5.32 Å². The molecule has 0 atom stereocenters. The molecule has 0 aromatic heterocycles. The highest BCUT2D eigenvalue weighted by atomic mass is 19.4. The standard InChI is InChI=1S/C11H9F5N2O3/c1-2-6-3-4-7(5-8(6)18(20)21)17-9(19)10(12,13)11(14,15)16/h3-5H,2H2,1H3,(H,17,19). The second-order valence-electron chi connectivity index (χ2n) is 3.98. The Morgan fingerprint density at radius 3 is 2.29 bits per heavy atom. The number of alkyl halides is 5. The number of anilines is 1. The van der Waals surface area contributed by atoms with E-state index in [4.69, 9.17) is 0 Å². The van der Waals surface area contributed by atoms with Crippen molar-refractivity contribution in [2.45, 2.75) is 25.4 Å². The summed E-state index contributed by atoms with van der Waals surface area (Å²) >= 11 is 0. The van der Waals surface area contributed by atoms with Crippen LogP contribution in [0, 0.1) is 10.1 Å². The first kappa shape index (κ1) is 16.8. The molecule has 10 heteroatoms. The maximum Gasteiger partial charge on any atom is 0.463 e. The minimum absolute atomic E-state index is 0.251. The lowest BCUT2D eigenvalue weighted by atomic mass is 10.1. The molecule has 0 aliphatic heterocycles. The van der Waals surface area contributed by atoms with Gasteiger partial charge in [-0.25, -0.2) is 0 Å². The lowest BCUT2D eigenvalue weighted by Crippen LogP contribution is -2.47. The smallest absolute Gasteiger partial charge is 0.320 e. The number of nitro groups is 1. The highest BCUT2D eigenvalue weighted by Gasteiger charge is 2.63. The van der Waals surface area contributed by atoms with Gasteiger partial charge in [0.05, 0.1) is 4.92 Å². The molecule has 1 amide bonds. The summed E-state index contributed by atoms with van der Waals surface area (Å²) < 4.78 is 61.5. The Morgan fingerprint density at radius 1 is 1.29 bits per heavy atom. The van der Waals surface area contributed by atoms with E-state index in [9.17, 15) is 36.9 Å². The largest absolute Gasteiger partial charge is 0.463 e. The molecule has 0 fully saturated rings. The van der Waals surface area contributed by atoms with Gasteiger partial charge < -0.3 is 5.32 Å². The third kappa shape index (κ3) is 3.44. The zero-order chi connectivity index (χ0) is 16.4. The number of carbonyl (C=O) groups is 1. The summed E-state index contributed by atoms with van der Waals surface area (Å²) in [6.45, 7) is 1.60. The summed E-state index contributed by atoms with van der Waals surface area (Å²) in [7, 11) is 0. The minimum atomic E-state index is -6.05. The highest BCUT2D eigenvalue weighted by molar-refractivity contribution is 5.97. The molecule has 1 rings (SSSR count). The Kier molecular flexibility index (Phi) is 4.49. The van der Waals surface area contributed by atoms with Gasteiger partial charge in [0, 0.05) is 17.3 Å². The molecule has 0 saturated carbocycles. The number of amides is 1. The minimum Gasteiger partial charge on any atom is -0.320 e. The van der Waals surface area contributed by atoms with Crippen LogP contribution in [0.2, 0.25) is 0 Å². The number of rotatable bonds is 4. The summed E-state index contributed by atoms with van der Waals surface area (Å²) in [6, 6.07) is 2.90. The molecule has 1 N–H and O–H groups in total. The average molecular weight is 312 g/mol. The van der Waals surface area contributed by atoms with Crippen LogP contribution in [0.15, 0.2) is 18.2 Å². The quantitative estimate of drug-likeness (QED) is 0.527. The first-order valence-electron chi connectivity index (χ1n) is 5.54. The van der Waals surface area contributed by atoms with Crippen LogP contribution in [0.1, 0.15) is 12.5 Å². The van der Waals surface area contributed by atoms with Crippen molar-refractivity contribution < 1.29 is 31.7 Å². The van der Waals surface area contributed by atoms with E-state index in [0.29, 0.717) is 0 Å². The summed E-state index contributed by atoms with van der Waals surface area (Å²) in [5.41, 5.74) is -0.751. The van der Waals surface area contributed by atoms with Gasteiger partial charge in [-0.3, -0.25) is 14.9 Å². The van der Waals surface area contributed by atoms with Crippen LogP contribution in [0.25, 0.3) is 0 Å². The van der Waals surface area contributed by atoms with E-state index in [-0.39, 0.29) is 12.0 Å². The lowest BCUT2D eigenvalue weighted by Gasteiger charge is -2.18. The van der Waals surface area contributed by atoms with E-state index in [1.165, 1.54) is 11.4 Å². The maximum atomic E-state index is 12.7. The topological polar surface area (TPSA) is 72.2 Å². The van der Waals surface area contributed by atoms with Crippen LogP contribution in [-0.4, -0.2) is 22.9 Å². The second kappa shape index (κ2) is 5.62. The zero-order valence-electron chi connectivity index (χ0n) is 10.5. The number of hydrogen-bond donors (Lipinski definition) is 1. The molecule has 0 aliphatic carbocycles. The fraction of sp³-hybridized carbons (Fsp3) is 0.364. The molecule has 1 aromatic rings. The first-order chi connectivity index (χ1) is 9.50. The monoisotopic (exact) mass is 312 g/mol. The van der Waals surface area contributed by atoms with Crippen molar-refractivity contribution in [3.63, 3.8) is 0 Å². The highest BCUT2D eigenvalue weighted by Crippen LogP contribution is 2.36. The molecule has 5 nitrogen and oxygen atoms in total. The number of carbonyl (C=O) groups excluding carboxylic acids is 1. The molecule has 0 aliphatic rings. The van der Waals surface area contributed by atoms with Crippen LogP contribution >= 0.6 is 0 Å². The van der Waals surface area contributed by atoms with Gasteiger partial charge >= 0.3 is 18.0 Å². The normalized spacial score (nSPS) is 12.1. The van der Waals surface area contributed by atoms with E-state index < -0.39 is 34.3 Å². The number of nitrogens with one attached hydrogen (secondary N) is 1. The third-order valence-corrected chi connectivity index (χ3v) is 2.56. The summed E-state index contributed by atoms with van der Waals surface area (Å²) in [6.07, 6.45) is -5.80. The molecule has 0 spiro atoms. The van der Waals surface area contributed by atoms with Crippen molar-refractivity contribution in [3.8, 4) is 0 Å². The van der Waals surface area contributed by atoms with Gasteiger partial charge in [0.15, 0.2) is 0 Å². The predicted molar refractivity (Wildman–Crippen MR) is 62.1 cm³/mol. The van der Waals surface area contributed by atoms with E-state index in [1.54, 1.807) is 6.92 Å². The first-order valence-corrected chi connectivity index (χ1v) is 5.54. The molecule has 1 aromatic carbocycles. The molecule has 116 valence electrons. The zero-order valence-corrected chi connectivity index (χ0v) is 10.5. The Labute approximate surface area is 114 Å². The van der Waals surface area contributed by atoms with Gasteiger partial charge in [0.1, 0.15) is 0 Å². The number of aryl methyl sites for hydroxylation is 1.